The predicted molar refractivity (Wildman–Crippen MR) is 64.4 cm³/mol. The molecule has 1 aromatic carbocycles. The average molecular weight is 217 g/mol. The van der Waals surface area contributed by atoms with E-state index in [1.807, 2.05) is 12.1 Å². The molecule has 2 aliphatic rings. The van der Waals surface area contributed by atoms with Gasteiger partial charge >= 0.3 is 0 Å². The summed E-state index contributed by atoms with van der Waals surface area (Å²) in [7, 11) is 0. The molecule has 86 valence electrons. The molecule has 3 atom stereocenters. The maximum atomic E-state index is 9.30. The molecule has 3 unspecified atom stereocenters. The van der Waals surface area contributed by atoms with Crippen LogP contribution in [0.15, 0.2) is 24.3 Å². The van der Waals surface area contributed by atoms with Crippen LogP contribution in [0.3, 0.4) is 0 Å². The van der Waals surface area contributed by atoms with Gasteiger partial charge in [-0.2, -0.15) is 0 Å². The van der Waals surface area contributed by atoms with Crippen LogP contribution in [0.2, 0.25) is 0 Å². The number of hydrogen-bond acceptors (Lipinski definition) is 2. The number of rotatable bonds is 2. The molecule has 0 amide bonds. The van der Waals surface area contributed by atoms with E-state index in [1.54, 1.807) is 12.1 Å². The fourth-order valence-electron chi connectivity index (χ4n) is 3.38. The van der Waals surface area contributed by atoms with Crippen molar-refractivity contribution in [2.24, 2.45) is 5.92 Å². The molecule has 2 fully saturated rings. The van der Waals surface area contributed by atoms with Crippen LogP contribution in [0, 0.1) is 5.92 Å². The number of hydrogen-bond donors (Lipinski definition) is 1. The van der Waals surface area contributed by atoms with Gasteiger partial charge in [-0.3, -0.25) is 4.90 Å². The van der Waals surface area contributed by atoms with Crippen molar-refractivity contribution >= 4 is 0 Å². The quantitative estimate of drug-likeness (QED) is 0.823. The Kier molecular flexibility index (Phi) is 2.40. The molecule has 0 radical (unpaired) electrons. The number of benzene rings is 1. The first-order chi connectivity index (χ1) is 7.74. The molecule has 3 rings (SSSR count). The fraction of sp³-hybridized carbons (Fsp3) is 0.571. The molecule has 2 nitrogen and oxygen atoms in total. The van der Waals surface area contributed by atoms with Gasteiger partial charge in [0.15, 0.2) is 0 Å². The van der Waals surface area contributed by atoms with E-state index in [1.165, 1.54) is 31.4 Å². The average Bonchev–Trinajstić information content (AvgIpc) is 2.91. The first-order valence-electron chi connectivity index (χ1n) is 6.28. The van der Waals surface area contributed by atoms with Crippen LogP contribution in [0.25, 0.3) is 0 Å². The van der Waals surface area contributed by atoms with Crippen molar-refractivity contribution in [3.05, 3.63) is 29.8 Å². The monoisotopic (exact) mass is 217 g/mol. The van der Waals surface area contributed by atoms with Crippen LogP contribution in [-0.4, -0.2) is 22.6 Å². The summed E-state index contributed by atoms with van der Waals surface area (Å²) >= 11 is 0. The number of nitrogens with zero attached hydrogens (tertiary/aromatic N) is 1. The highest BCUT2D eigenvalue weighted by atomic mass is 16.3. The highest BCUT2D eigenvalue weighted by Gasteiger charge is 2.39. The van der Waals surface area contributed by atoms with Gasteiger partial charge in [0.25, 0.3) is 0 Å². The van der Waals surface area contributed by atoms with Crippen LogP contribution in [0.4, 0.5) is 0 Å². The lowest BCUT2D eigenvalue weighted by atomic mass is 10.0. The Morgan fingerprint density at radius 1 is 1.25 bits per heavy atom. The Hall–Kier alpha value is -1.02. The van der Waals surface area contributed by atoms with Gasteiger partial charge in [0.05, 0.1) is 0 Å². The third-order valence-electron chi connectivity index (χ3n) is 4.32. The van der Waals surface area contributed by atoms with Crippen LogP contribution in [0.5, 0.6) is 5.75 Å². The Labute approximate surface area is 96.9 Å². The summed E-state index contributed by atoms with van der Waals surface area (Å²) in [5.74, 6) is 1.31. The summed E-state index contributed by atoms with van der Waals surface area (Å²) in [4.78, 5) is 2.64. The third-order valence-corrected chi connectivity index (χ3v) is 4.32. The van der Waals surface area contributed by atoms with Crippen molar-refractivity contribution in [1.29, 1.82) is 0 Å². The second-order valence-corrected chi connectivity index (χ2v) is 5.30. The van der Waals surface area contributed by atoms with Crippen LogP contribution >= 0.6 is 0 Å². The Bertz CT molecular complexity index is 373. The lowest BCUT2D eigenvalue weighted by molar-refractivity contribution is 0.160. The summed E-state index contributed by atoms with van der Waals surface area (Å²) in [6.45, 7) is 3.56. The molecule has 1 heterocycles. The maximum absolute atomic E-state index is 9.30. The summed E-state index contributed by atoms with van der Waals surface area (Å²) in [5, 5.41) is 9.30. The maximum Gasteiger partial charge on any atom is 0.115 e. The van der Waals surface area contributed by atoms with E-state index in [-0.39, 0.29) is 0 Å². The zero-order valence-corrected chi connectivity index (χ0v) is 9.76. The zero-order chi connectivity index (χ0) is 11.1. The van der Waals surface area contributed by atoms with Gasteiger partial charge in [0.1, 0.15) is 5.75 Å². The van der Waals surface area contributed by atoms with Gasteiger partial charge < -0.3 is 5.11 Å². The highest BCUT2D eigenvalue weighted by molar-refractivity contribution is 5.28. The SMILES string of the molecule is CC(c1ccc(O)cc1)N1CC2CCC1C2. The number of phenolic OH excluding ortho intramolecular Hbond substituents is 1. The Balaban J connectivity index is 1.77. The van der Waals surface area contributed by atoms with Crippen LogP contribution in [-0.2, 0) is 0 Å². The Morgan fingerprint density at radius 2 is 2.00 bits per heavy atom. The minimum atomic E-state index is 0.360. The molecule has 1 aliphatic heterocycles. The molecule has 16 heavy (non-hydrogen) atoms. The third kappa shape index (κ3) is 1.61. The number of aromatic hydroxyl groups is 1. The van der Waals surface area contributed by atoms with E-state index in [9.17, 15) is 5.11 Å². The zero-order valence-electron chi connectivity index (χ0n) is 9.76. The molecule has 2 heteroatoms. The van der Waals surface area contributed by atoms with E-state index < -0.39 is 0 Å². The first kappa shape index (κ1) is 10.2. The van der Waals surface area contributed by atoms with Gasteiger partial charge in [-0.25, -0.2) is 0 Å². The van der Waals surface area contributed by atoms with Crippen LogP contribution < -0.4 is 0 Å². The largest absolute Gasteiger partial charge is 0.508 e. The molecule has 2 bridgehead atoms. The van der Waals surface area contributed by atoms with E-state index in [2.05, 4.69) is 11.8 Å². The standard InChI is InChI=1S/C14H19NO/c1-10(12-3-6-14(16)7-4-12)15-9-11-2-5-13(15)8-11/h3-4,6-7,10-11,13,16H,2,5,8-9H2,1H3. The normalized spacial score (nSPS) is 30.8. The minimum absolute atomic E-state index is 0.360. The van der Waals surface area contributed by atoms with Crippen LogP contribution in [0.1, 0.15) is 37.8 Å². The fourth-order valence-corrected chi connectivity index (χ4v) is 3.38. The van der Waals surface area contributed by atoms with Gasteiger partial charge in [-0.05, 0) is 49.8 Å². The van der Waals surface area contributed by atoms with E-state index >= 15 is 0 Å². The molecule has 0 aromatic heterocycles. The molecule has 1 N–H and O–H groups in total. The van der Waals surface area contributed by atoms with E-state index in [4.69, 9.17) is 0 Å². The van der Waals surface area contributed by atoms with Crippen molar-refractivity contribution < 1.29 is 5.11 Å². The lowest BCUT2D eigenvalue weighted by Gasteiger charge is -2.33. The van der Waals surface area contributed by atoms with Gasteiger partial charge in [-0.1, -0.05) is 12.1 Å². The second-order valence-electron chi connectivity index (χ2n) is 5.30. The molecule has 0 spiro atoms. The van der Waals surface area contributed by atoms with Gasteiger partial charge in [0, 0.05) is 18.6 Å². The molecular formula is C14H19NO. The van der Waals surface area contributed by atoms with Crippen molar-refractivity contribution in [3.63, 3.8) is 0 Å². The van der Waals surface area contributed by atoms with E-state index in [0.29, 0.717) is 11.8 Å². The van der Waals surface area contributed by atoms with Gasteiger partial charge in [-0.15, -0.1) is 0 Å². The summed E-state index contributed by atoms with van der Waals surface area (Å²) in [6.07, 6.45) is 4.22. The molecular weight excluding hydrogens is 198 g/mol. The minimum Gasteiger partial charge on any atom is -0.508 e. The Morgan fingerprint density at radius 3 is 2.56 bits per heavy atom. The number of likely N-dealkylation sites (tertiary alicyclic amines) is 1. The second kappa shape index (κ2) is 3.77. The van der Waals surface area contributed by atoms with Gasteiger partial charge in [0.2, 0.25) is 0 Å². The molecule has 1 saturated carbocycles. The van der Waals surface area contributed by atoms with Crippen molar-refractivity contribution in [3.8, 4) is 5.75 Å². The number of fused-ring (bicyclic) bond motifs is 2. The molecule has 1 aliphatic carbocycles. The number of piperidine rings is 1. The summed E-state index contributed by atoms with van der Waals surface area (Å²) < 4.78 is 0. The predicted octanol–water partition coefficient (Wildman–Crippen LogP) is 2.94. The first-order valence-corrected chi connectivity index (χ1v) is 6.28. The topological polar surface area (TPSA) is 23.5 Å². The van der Waals surface area contributed by atoms with Crippen molar-refractivity contribution in [2.45, 2.75) is 38.3 Å². The summed E-state index contributed by atoms with van der Waals surface area (Å²) in [6, 6.07) is 8.99. The number of phenols is 1. The molecule has 1 saturated heterocycles. The smallest absolute Gasteiger partial charge is 0.115 e. The molecule has 1 aromatic rings. The van der Waals surface area contributed by atoms with Crippen molar-refractivity contribution in [1.82, 2.24) is 4.90 Å². The van der Waals surface area contributed by atoms with Crippen molar-refractivity contribution in [2.75, 3.05) is 6.54 Å². The van der Waals surface area contributed by atoms with E-state index in [0.717, 1.165) is 12.0 Å². The lowest BCUT2D eigenvalue weighted by Crippen LogP contribution is -2.34. The highest BCUT2D eigenvalue weighted by Crippen LogP contribution is 2.41. The summed E-state index contributed by atoms with van der Waals surface area (Å²) in [5.41, 5.74) is 1.32.